The minimum absolute atomic E-state index is 0.287. The van der Waals surface area contributed by atoms with Crippen molar-refractivity contribution in [2.45, 2.75) is 6.10 Å². The summed E-state index contributed by atoms with van der Waals surface area (Å²) in [6.45, 7) is 0.287. The third-order valence-electron chi connectivity index (χ3n) is 2.46. The van der Waals surface area contributed by atoms with Crippen LogP contribution in [0.3, 0.4) is 0 Å². The van der Waals surface area contributed by atoms with Gasteiger partial charge < -0.3 is 15.8 Å². The number of aliphatic hydroxyl groups excluding tert-OH is 1. The molecule has 0 saturated carbocycles. The van der Waals surface area contributed by atoms with Crippen molar-refractivity contribution < 1.29 is 5.11 Å². The lowest BCUT2D eigenvalue weighted by Crippen LogP contribution is -2.15. The van der Waals surface area contributed by atoms with Crippen LogP contribution in [-0.4, -0.2) is 16.6 Å². The Morgan fingerprint density at radius 1 is 1.37 bits per heavy atom. The van der Waals surface area contributed by atoms with Gasteiger partial charge in [-0.25, -0.2) is 10.8 Å². The summed E-state index contributed by atoms with van der Waals surface area (Å²) < 4.78 is 0. The lowest BCUT2D eigenvalue weighted by molar-refractivity contribution is 0.192. The summed E-state index contributed by atoms with van der Waals surface area (Å²) in [5.74, 6) is 6.02. The zero-order valence-corrected chi connectivity index (χ0v) is 12.1. The van der Waals surface area contributed by atoms with Gasteiger partial charge in [-0.05, 0) is 28.5 Å². The van der Waals surface area contributed by atoms with Gasteiger partial charge in [0.2, 0.25) is 0 Å². The molecule has 0 aromatic carbocycles. The number of hydrogen-bond donors (Lipinski definition) is 4. The van der Waals surface area contributed by atoms with Crippen molar-refractivity contribution in [2.75, 3.05) is 17.3 Å². The molecule has 0 bridgehead atoms. The van der Waals surface area contributed by atoms with E-state index in [0.717, 1.165) is 5.56 Å². The van der Waals surface area contributed by atoms with Gasteiger partial charge in [0.25, 0.3) is 0 Å². The topological polar surface area (TPSA) is 83.2 Å². The molecular formula is C11H12Cl2N4OS. The first-order chi connectivity index (χ1) is 9.11. The van der Waals surface area contributed by atoms with E-state index in [4.69, 9.17) is 29.0 Å². The first-order valence-corrected chi connectivity index (χ1v) is 7.08. The molecule has 2 heterocycles. The van der Waals surface area contributed by atoms with Crippen LogP contribution in [0, 0.1) is 0 Å². The number of hydrogen-bond acceptors (Lipinski definition) is 6. The van der Waals surface area contributed by atoms with Crippen molar-refractivity contribution in [1.82, 2.24) is 4.98 Å². The Bertz CT molecular complexity index is 550. The fourth-order valence-electron chi connectivity index (χ4n) is 1.47. The fraction of sp³-hybridized carbons (Fsp3) is 0.182. The normalized spacial score (nSPS) is 12.2. The van der Waals surface area contributed by atoms with Crippen molar-refractivity contribution in [3.05, 3.63) is 38.5 Å². The summed E-state index contributed by atoms with van der Waals surface area (Å²) in [6, 6.07) is 3.39. The first kappa shape index (κ1) is 14.4. The van der Waals surface area contributed by atoms with Crippen LogP contribution in [0.15, 0.2) is 22.9 Å². The minimum Gasteiger partial charge on any atom is -0.387 e. The van der Waals surface area contributed by atoms with Gasteiger partial charge in [-0.3, -0.25) is 0 Å². The predicted octanol–water partition coefficient (Wildman–Crippen LogP) is 2.88. The van der Waals surface area contributed by atoms with Gasteiger partial charge in [-0.1, -0.05) is 23.2 Å². The van der Waals surface area contributed by atoms with Crippen molar-refractivity contribution in [3.8, 4) is 0 Å². The second kappa shape index (κ2) is 6.40. The molecular weight excluding hydrogens is 307 g/mol. The third-order valence-corrected chi connectivity index (χ3v) is 3.73. The number of anilines is 2. The maximum absolute atomic E-state index is 9.95. The standard InChI is InChI=1S/C11H12Cl2N4OS/c12-7-3-8(13)11(17-14)16-10(7)15-4-9(18)6-1-2-19-5-6/h1-3,5,9,18H,4,14H2,(H2,15,16,17). The number of nitrogen functional groups attached to an aromatic ring is 1. The monoisotopic (exact) mass is 318 g/mol. The van der Waals surface area contributed by atoms with Crippen LogP contribution in [0.1, 0.15) is 11.7 Å². The molecule has 0 radical (unpaired) electrons. The highest BCUT2D eigenvalue weighted by Crippen LogP contribution is 2.29. The van der Waals surface area contributed by atoms with Crippen molar-refractivity contribution >= 4 is 46.2 Å². The molecule has 1 unspecified atom stereocenters. The Morgan fingerprint density at radius 3 is 2.74 bits per heavy atom. The molecule has 2 aromatic rings. The summed E-state index contributed by atoms with van der Waals surface area (Å²) >= 11 is 13.4. The maximum Gasteiger partial charge on any atom is 0.161 e. The summed E-state index contributed by atoms with van der Waals surface area (Å²) in [6.07, 6.45) is -0.630. The average Bonchev–Trinajstić information content (AvgIpc) is 2.91. The minimum atomic E-state index is -0.630. The van der Waals surface area contributed by atoms with E-state index in [1.807, 2.05) is 16.8 Å². The number of nitrogens with one attached hydrogen (secondary N) is 2. The van der Waals surface area contributed by atoms with E-state index >= 15 is 0 Å². The smallest absolute Gasteiger partial charge is 0.161 e. The molecule has 1 atom stereocenters. The van der Waals surface area contributed by atoms with E-state index in [1.165, 1.54) is 17.4 Å². The van der Waals surface area contributed by atoms with Gasteiger partial charge >= 0.3 is 0 Å². The lowest BCUT2D eigenvalue weighted by Gasteiger charge is -2.13. The van der Waals surface area contributed by atoms with Crippen LogP contribution in [0.25, 0.3) is 0 Å². The molecule has 0 aliphatic rings. The van der Waals surface area contributed by atoms with Crippen molar-refractivity contribution in [1.29, 1.82) is 0 Å². The predicted molar refractivity (Wildman–Crippen MR) is 79.8 cm³/mol. The number of nitrogens with two attached hydrogens (primary N) is 1. The van der Waals surface area contributed by atoms with Gasteiger partial charge in [0.1, 0.15) is 5.82 Å². The SMILES string of the molecule is NNc1nc(NCC(O)c2ccsc2)c(Cl)cc1Cl. The largest absolute Gasteiger partial charge is 0.387 e. The number of thiophene rings is 1. The zero-order valence-electron chi connectivity index (χ0n) is 9.73. The number of aromatic nitrogens is 1. The highest BCUT2D eigenvalue weighted by molar-refractivity contribution is 7.07. The first-order valence-electron chi connectivity index (χ1n) is 5.38. The second-order valence-electron chi connectivity index (χ2n) is 3.75. The number of pyridine rings is 1. The summed E-state index contributed by atoms with van der Waals surface area (Å²) in [5, 5.41) is 17.4. The molecule has 102 valence electrons. The molecule has 0 amide bonds. The van der Waals surface area contributed by atoms with Crippen LogP contribution in [-0.2, 0) is 0 Å². The van der Waals surface area contributed by atoms with Crippen LogP contribution < -0.4 is 16.6 Å². The lowest BCUT2D eigenvalue weighted by atomic mass is 10.2. The number of halogens is 2. The molecule has 2 rings (SSSR count). The van der Waals surface area contributed by atoms with Crippen LogP contribution in [0.4, 0.5) is 11.6 Å². The Kier molecular flexibility index (Phi) is 4.84. The molecule has 2 aromatic heterocycles. The molecule has 8 heteroatoms. The Balaban J connectivity index is 2.07. The average molecular weight is 319 g/mol. The number of rotatable bonds is 5. The van der Waals surface area contributed by atoms with E-state index in [1.54, 1.807) is 0 Å². The highest BCUT2D eigenvalue weighted by Gasteiger charge is 2.11. The van der Waals surface area contributed by atoms with E-state index in [9.17, 15) is 5.11 Å². The summed E-state index contributed by atoms with van der Waals surface area (Å²) in [5.41, 5.74) is 3.22. The number of hydrazine groups is 1. The number of nitrogens with zero attached hydrogens (tertiary/aromatic N) is 1. The maximum atomic E-state index is 9.95. The van der Waals surface area contributed by atoms with Gasteiger partial charge in [0.05, 0.1) is 16.1 Å². The molecule has 0 saturated heterocycles. The number of aliphatic hydroxyl groups is 1. The van der Waals surface area contributed by atoms with E-state index in [0.29, 0.717) is 21.7 Å². The molecule has 5 N–H and O–H groups in total. The Hall–Kier alpha value is -1.05. The van der Waals surface area contributed by atoms with E-state index in [-0.39, 0.29) is 6.54 Å². The zero-order chi connectivity index (χ0) is 13.8. The van der Waals surface area contributed by atoms with Crippen molar-refractivity contribution in [2.24, 2.45) is 5.84 Å². The van der Waals surface area contributed by atoms with Gasteiger partial charge in [-0.2, -0.15) is 11.3 Å². The fourth-order valence-corrected chi connectivity index (χ4v) is 2.65. The summed E-state index contributed by atoms with van der Waals surface area (Å²) in [7, 11) is 0. The van der Waals surface area contributed by atoms with Gasteiger partial charge in [0, 0.05) is 6.54 Å². The summed E-state index contributed by atoms with van der Waals surface area (Å²) in [4.78, 5) is 4.12. The Morgan fingerprint density at radius 2 is 2.11 bits per heavy atom. The Labute approximate surface area is 124 Å². The van der Waals surface area contributed by atoms with Crippen LogP contribution in [0.5, 0.6) is 0 Å². The highest BCUT2D eigenvalue weighted by atomic mass is 35.5. The van der Waals surface area contributed by atoms with Crippen LogP contribution in [0.2, 0.25) is 10.0 Å². The quantitative estimate of drug-likeness (QED) is 0.503. The molecule has 0 fully saturated rings. The van der Waals surface area contributed by atoms with Gasteiger partial charge in [-0.15, -0.1) is 0 Å². The molecule has 0 aliphatic carbocycles. The molecule has 5 nitrogen and oxygen atoms in total. The van der Waals surface area contributed by atoms with E-state index < -0.39 is 6.10 Å². The molecule has 19 heavy (non-hydrogen) atoms. The second-order valence-corrected chi connectivity index (χ2v) is 5.34. The molecule has 0 spiro atoms. The van der Waals surface area contributed by atoms with Crippen molar-refractivity contribution in [3.63, 3.8) is 0 Å². The van der Waals surface area contributed by atoms with Crippen LogP contribution >= 0.6 is 34.5 Å². The third kappa shape index (κ3) is 3.49. The van der Waals surface area contributed by atoms with E-state index in [2.05, 4.69) is 15.7 Å². The molecule has 0 aliphatic heterocycles. The van der Waals surface area contributed by atoms with Gasteiger partial charge in [0.15, 0.2) is 5.82 Å².